The van der Waals surface area contributed by atoms with Crippen LogP contribution in [0.15, 0.2) is 0 Å². The van der Waals surface area contributed by atoms with Crippen molar-refractivity contribution in [1.82, 2.24) is 0 Å². The summed E-state index contributed by atoms with van der Waals surface area (Å²) in [6.45, 7) is 6.19. The maximum absolute atomic E-state index is 10.7. The molecule has 76 valence electrons. The van der Waals surface area contributed by atoms with Gasteiger partial charge in [0.25, 0.3) is 0 Å². The highest BCUT2D eigenvalue weighted by Gasteiger charge is 2.69. The van der Waals surface area contributed by atoms with Crippen molar-refractivity contribution in [3.8, 4) is 0 Å². The molecule has 0 bridgehead atoms. The summed E-state index contributed by atoms with van der Waals surface area (Å²) in [5.74, 6) is -0.605. The number of rotatable bonds is 4. The molecule has 0 aromatic carbocycles. The maximum atomic E-state index is 10.7. The van der Waals surface area contributed by atoms with Gasteiger partial charge in [0.1, 0.15) is 0 Å². The molecule has 0 amide bonds. The molecule has 13 heavy (non-hydrogen) atoms. The average molecular weight is 186 g/mol. The van der Waals surface area contributed by atoms with Crippen LogP contribution in [0, 0.1) is 16.7 Å². The summed E-state index contributed by atoms with van der Waals surface area (Å²) in [4.78, 5) is 10.7. The zero-order chi connectivity index (χ0) is 10.3. The molecule has 0 spiro atoms. The first kappa shape index (κ1) is 10.5. The molecule has 0 saturated heterocycles. The number of aliphatic hydroxyl groups is 1. The van der Waals surface area contributed by atoms with E-state index >= 15 is 0 Å². The van der Waals surface area contributed by atoms with Gasteiger partial charge in [-0.2, -0.15) is 0 Å². The molecule has 0 aliphatic heterocycles. The molecule has 1 aliphatic rings. The summed E-state index contributed by atoms with van der Waals surface area (Å²) in [6.07, 6.45) is 1.01. The van der Waals surface area contributed by atoms with E-state index in [0.29, 0.717) is 0 Å². The van der Waals surface area contributed by atoms with Crippen LogP contribution >= 0.6 is 0 Å². The smallest absolute Gasteiger partial charge is 0.303 e. The van der Waals surface area contributed by atoms with Gasteiger partial charge >= 0.3 is 5.97 Å². The third-order valence-electron chi connectivity index (χ3n) is 4.02. The Morgan fingerprint density at radius 2 is 2.00 bits per heavy atom. The molecule has 0 aromatic heterocycles. The molecule has 1 rings (SSSR count). The van der Waals surface area contributed by atoms with Crippen molar-refractivity contribution in [2.24, 2.45) is 16.7 Å². The van der Waals surface area contributed by atoms with Crippen LogP contribution in [0.2, 0.25) is 0 Å². The highest BCUT2D eigenvalue weighted by molar-refractivity contribution is 5.69. The normalized spacial score (nSPS) is 35.8. The molecule has 2 atom stereocenters. The largest absolute Gasteiger partial charge is 0.481 e. The lowest BCUT2D eigenvalue weighted by Gasteiger charge is -2.15. The van der Waals surface area contributed by atoms with Crippen molar-refractivity contribution < 1.29 is 15.0 Å². The Labute approximate surface area is 78.8 Å². The lowest BCUT2D eigenvalue weighted by molar-refractivity contribution is -0.139. The SMILES string of the molecule is CCC1(CC(=O)O)C(CO)C1(C)C. The van der Waals surface area contributed by atoms with E-state index in [1.807, 2.05) is 20.8 Å². The van der Waals surface area contributed by atoms with E-state index in [-0.39, 0.29) is 29.8 Å². The summed E-state index contributed by atoms with van der Waals surface area (Å²) in [5.41, 5.74) is -0.192. The first-order chi connectivity index (χ1) is 5.92. The van der Waals surface area contributed by atoms with E-state index in [4.69, 9.17) is 10.2 Å². The highest BCUT2D eigenvalue weighted by atomic mass is 16.4. The van der Waals surface area contributed by atoms with Gasteiger partial charge < -0.3 is 10.2 Å². The van der Waals surface area contributed by atoms with E-state index in [9.17, 15) is 4.79 Å². The number of aliphatic hydroxyl groups excluding tert-OH is 1. The number of carbonyl (C=O) groups is 1. The zero-order valence-electron chi connectivity index (χ0n) is 8.50. The fourth-order valence-corrected chi connectivity index (χ4v) is 2.91. The van der Waals surface area contributed by atoms with Crippen molar-refractivity contribution in [1.29, 1.82) is 0 Å². The molecular formula is C10H18O3. The molecule has 2 N–H and O–H groups in total. The van der Waals surface area contributed by atoms with Gasteiger partial charge in [0.05, 0.1) is 6.42 Å². The number of hydrogen-bond acceptors (Lipinski definition) is 2. The van der Waals surface area contributed by atoms with Gasteiger partial charge in [-0.3, -0.25) is 4.79 Å². The van der Waals surface area contributed by atoms with Gasteiger partial charge in [0.15, 0.2) is 0 Å². The summed E-state index contributed by atoms with van der Waals surface area (Å²) in [5, 5.41) is 17.9. The van der Waals surface area contributed by atoms with E-state index in [0.717, 1.165) is 6.42 Å². The first-order valence-corrected chi connectivity index (χ1v) is 4.75. The van der Waals surface area contributed by atoms with Gasteiger partial charge in [-0.15, -0.1) is 0 Å². The summed E-state index contributed by atoms with van der Waals surface area (Å²) < 4.78 is 0. The minimum absolute atomic E-state index is 0.0190. The Hall–Kier alpha value is -0.570. The van der Waals surface area contributed by atoms with Crippen LogP contribution in [-0.2, 0) is 4.79 Å². The molecule has 3 nitrogen and oxygen atoms in total. The second kappa shape index (κ2) is 2.98. The number of carboxylic acids is 1. The van der Waals surface area contributed by atoms with Crippen molar-refractivity contribution >= 4 is 5.97 Å². The van der Waals surface area contributed by atoms with Crippen LogP contribution in [0.3, 0.4) is 0 Å². The predicted octanol–water partition coefficient (Wildman–Crippen LogP) is 1.51. The van der Waals surface area contributed by atoms with Crippen molar-refractivity contribution in [2.45, 2.75) is 33.6 Å². The van der Waals surface area contributed by atoms with Gasteiger partial charge in [0, 0.05) is 6.61 Å². The van der Waals surface area contributed by atoms with Crippen LogP contribution < -0.4 is 0 Å². The molecule has 1 saturated carbocycles. The minimum Gasteiger partial charge on any atom is -0.481 e. The van der Waals surface area contributed by atoms with Gasteiger partial charge in [-0.25, -0.2) is 0 Å². The Balaban J connectivity index is 2.80. The van der Waals surface area contributed by atoms with Crippen LogP contribution in [0.1, 0.15) is 33.6 Å². The second-order valence-electron chi connectivity index (χ2n) is 4.54. The Morgan fingerprint density at radius 1 is 1.46 bits per heavy atom. The molecule has 0 aromatic rings. The van der Waals surface area contributed by atoms with Gasteiger partial charge in [-0.05, 0) is 23.2 Å². The Morgan fingerprint density at radius 3 is 2.23 bits per heavy atom. The maximum Gasteiger partial charge on any atom is 0.303 e. The molecule has 3 heteroatoms. The van der Waals surface area contributed by atoms with Crippen LogP contribution in [0.25, 0.3) is 0 Å². The molecule has 2 unspecified atom stereocenters. The van der Waals surface area contributed by atoms with Gasteiger partial charge in [0.2, 0.25) is 0 Å². The van der Waals surface area contributed by atoms with E-state index in [1.54, 1.807) is 0 Å². The topological polar surface area (TPSA) is 57.5 Å². The molecule has 1 fully saturated rings. The fourth-order valence-electron chi connectivity index (χ4n) is 2.91. The van der Waals surface area contributed by atoms with Crippen LogP contribution in [-0.4, -0.2) is 22.8 Å². The monoisotopic (exact) mass is 186 g/mol. The van der Waals surface area contributed by atoms with E-state index in [1.165, 1.54) is 0 Å². The molecular weight excluding hydrogens is 168 g/mol. The third kappa shape index (κ3) is 1.26. The van der Waals surface area contributed by atoms with Crippen LogP contribution in [0.5, 0.6) is 0 Å². The number of carboxylic acid groups (broad SMARTS) is 1. The van der Waals surface area contributed by atoms with Crippen molar-refractivity contribution in [3.63, 3.8) is 0 Å². The third-order valence-corrected chi connectivity index (χ3v) is 4.02. The second-order valence-corrected chi connectivity index (χ2v) is 4.54. The van der Waals surface area contributed by atoms with Crippen LogP contribution in [0.4, 0.5) is 0 Å². The molecule has 1 aliphatic carbocycles. The van der Waals surface area contributed by atoms with E-state index < -0.39 is 5.97 Å². The molecule has 0 radical (unpaired) electrons. The lowest BCUT2D eigenvalue weighted by atomic mass is 9.89. The van der Waals surface area contributed by atoms with E-state index in [2.05, 4.69) is 0 Å². The Kier molecular flexibility index (Phi) is 2.41. The fraction of sp³-hybridized carbons (Fsp3) is 0.900. The Bertz CT molecular complexity index is 222. The standard InChI is InChI=1S/C10H18O3/c1-4-10(5-8(12)13)7(6-11)9(10,2)3/h7,11H,4-6H2,1-3H3,(H,12,13). The zero-order valence-corrected chi connectivity index (χ0v) is 8.50. The van der Waals surface area contributed by atoms with Gasteiger partial charge in [-0.1, -0.05) is 20.8 Å². The van der Waals surface area contributed by atoms with Crippen molar-refractivity contribution in [3.05, 3.63) is 0 Å². The van der Waals surface area contributed by atoms with Crippen molar-refractivity contribution in [2.75, 3.05) is 6.61 Å². The summed E-state index contributed by atoms with van der Waals surface area (Å²) in [7, 11) is 0. The summed E-state index contributed by atoms with van der Waals surface area (Å²) in [6, 6.07) is 0. The lowest BCUT2D eigenvalue weighted by Crippen LogP contribution is -2.14. The predicted molar refractivity (Wildman–Crippen MR) is 49.3 cm³/mol. The number of aliphatic carboxylic acids is 1. The average Bonchev–Trinajstić information content (AvgIpc) is 2.46. The summed E-state index contributed by atoms with van der Waals surface area (Å²) >= 11 is 0. The quantitative estimate of drug-likeness (QED) is 0.699. The first-order valence-electron chi connectivity index (χ1n) is 4.75. The minimum atomic E-state index is -0.758. The molecule has 0 heterocycles. The highest BCUT2D eigenvalue weighted by Crippen LogP contribution is 2.72. The number of hydrogen-bond donors (Lipinski definition) is 2.